The van der Waals surface area contributed by atoms with Crippen LogP contribution in [0.4, 0.5) is 0 Å². The summed E-state index contributed by atoms with van der Waals surface area (Å²) >= 11 is 0. The summed E-state index contributed by atoms with van der Waals surface area (Å²) in [6, 6.07) is 7.94. The van der Waals surface area contributed by atoms with E-state index in [-0.39, 0.29) is 0 Å². The van der Waals surface area contributed by atoms with Crippen molar-refractivity contribution in [1.82, 2.24) is 0 Å². The molecule has 0 saturated heterocycles. The van der Waals surface area contributed by atoms with E-state index in [1.165, 1.54) is 31.2 Å². The van der Waals surface area contributed by atoms with E-state index in [1.54, 1.807) is 0 Å². The Labute approximate surface area is 97.9 Å². The van der Waals surface area contributed by atoms with Gasteiger partial charge < -0.3 is 0 Å². The maximum Gasteiger partial charge on any atom is 0.162 e. The quantitative estimate of drug-likeness (QED) is 0.691. The van der Waals surface area contributed by atoms with Crippen molar-refractivity contribution in [2.75, 3.05) is 0 Å². The van der Waals surface area contributed by atoms with Crippen molar-refractivity contribution in [2.45, 2.75) is 45.4 Å². The molecule has 0 atom stereocenters. The number of hydrogen-bond donors (Lipinski definition) is 0. The third-order valence-corrected chi connectivity index (χ3v) is 3.59. The topological polar surface area (TPSA) is 17.1 Å². The maximum atomic E-state index is 12.0. The zero-order valence-corrected chi connectivity index (χ0v) is 10.0. The monoisotopic (exact) mass is 216 g/mol. The molecular formula is C15H20O. The number of aryl methyl sites for hydroxylation is 1. The molecule has 0 unspecified atom stereocenters. The average Bonchev–Trinajstić information content (AvgIpc) is 2.78. The van der Waals surface area contributed by atoms with Crippen molar-refractivity contribution in [3.8, 4) is 0 Å². The van der Waals surface area contributed by atoms with Gasteiger partial charge in [0, 0.05) is 12.0 Å². The summed E-state index contributed by atoms with van der Waals surface area (Å²) < 4.78 is 0. The largest absolute Gasteiger partial charge is 0.294 e. The molecule has 0 bridgehead atoms. The molecular weight excluding hydrogens is 196 g/mol. The minimum Gasteiger partial charge on any atom is -0.294 e. The lowest BCUT2D eigenvalue weighted by atomic mass is 9.97. The van der Waals surface area contributed by atoms with E-state index in [9.17, 15) is 4.79 Å². The first kappa shape index (κ1) is 11.4. The Kier molecular flexibility index (Phi) is 3.76. The molecule has 1 aromatic rings. The number of rotatable bonds is 4. The van der Waals surface area contributed by atoms with Crippen molar-refractivity contribution in [3.63, 3.8) is 0 Å². The molecule has 0 aliphatic heterocycles. The van der Waals surface area contributed by atoms with Gasteiger partial charge in [-0.3, -0.25) is 4.79 Å². The van der Waals surface area contributed by atoms with E-state index >= 15 is 0 Å². The Morgan fingerprint density at radius 3 is 2.75 bits per heavy atom. The highest BCUT2D eigenvalue weighted by Crippen LogP contribution is 2.29. The Bertz CT molecular complexity index is 361. The SMILES string of the molecule is Cc1cccc(C(=O)CCC2CCCC2)c1. The van der Waals surface area contributed by atoms with Crippen LogP contribution in [0.2, 0.25) is 0 Å². The molecule has 1 aliphatic rings. The van der Waals surface area contributed by atoms with Gasteiger partial charge in [0.1, 0.15) is 0 Å². The molecule has 1 heteroatoms. The van der Waals surface area contributed by atoms with Crippen LogP contribution in [0.25, 0.3) is 0 Å². The van der Waals surface area contributed by atoms with Gasteiger partial charge in [-0.1, -0.05) is 49.4 Å². The van der Waals surface area contributed by atoms with Crippen molar-refractivity contribution < 1.29 is 4.79 Å². The Morgan fingerprint density at radius 1 is 1.31 bits per heavy atom. The molecule has 0 aromatic heterocycles. The highest BCUT2D eigenvalue weighted by Gasteiger charge is 2.16. The molecule has 86 valence electrons. The summed E-state index contributed by atoms with van der Waals surface area (Å²) in [6.45, 7) is 2.04. The first-order chi connectivity index (χ1) is 7.75. The predicted octanol–water partition coefficient (Wildman–Crippen LogP) is 4.15. The molecule has 1 aliphatic carbocycles. The van der Waals surface area contributed by atoms with Gasteiger partial charge in [0.25, 0.3) is 0 Å². The Balaban J connectivity index is 1.87. The first-order valence-corrected chi connectivity index (χ1v) is 6.35. The van der Waals surface area contributed by atoms with Crippen LogP contribution < -0.4 is 0 Å². The van der Waals surface area contributed by atoms with E-state index in [0.717, 1.165) is 24.3 Å². The molecule has 1 nitrogen and oxygen atoms in total. The highest BCUT2D eigenvalue weighted by molar-refractivity contribution is 5.96. The normalized spacial score (nSPS) is 16.6. The highest BCUT2D eigenvalue weighted by atomic mass is 16.1. The van der Waals surface area contributed by atoms with Crippen molar-refractivity contribution >= 4 is 5.78 Å². The Hall–Kier alpha value is -1.11. The number of hydrogen-bond acceptors (Lipinski definition) is 1. The molecule has 0 spiro atoms. The number of ketones is 1. The molecule has 1 saturated carbocycles. The van der Waals surface area contributed by atoms with Crippen LogP contribution in [0.15, 0.2) is 24.3 Å². The number of Topliss-reactive ketones (excluding diaryl/α,β-unsaturated/α-hetero) is 1. The first-order valence-electron chi connectivity index (χ1n) is 6.35. The summed E-state index contributed by atoms with van der Waals surface area (Å²) in [5, 5.41) is 0. The lowest BCUT2D eigenvalue weighted by Gasteiger charge is -2.07. The van der Waals surface area contributed by atoms with Gasteiger partial charge in [0.15, 0.2) is 5.78 Å². The fourth-order valence-electron chi connectivity index (χ4n) is 2.60. The summed E-state index contributed by atoms with van der Waals surface area (Å²) in [6.07, 6.45) is 7.22. The van der Waals surface area contributed by atoms with Gasteiger partial charge >= 0.3 is 0 Å². The summed E-state index contributed by atoms with van der Waals surface area (Å²) in [7, 11) is 0. The second kappa shape index (κ2) is 5.29. The van der Waals surface area contributed by atoms with E-state index in [2.05, 4.69) is 0 Å². The van der Waals surface area contributed by atoms with Gasteiger partial charge in [-0.25, -0.2) is 0 Å². The van der Waals surface area contributed by atoms with Crippen LogP contribution in [0.3, 0.4) is 0 Å². The standard InChI is InChI=1S/C15H20O/c1-12-5-4-8-14(11-12)15(16)10-9-13-6-2-3-7-13/h4-5,8,11,13H,2-3,6-7,9-10H2,1H3. The van der Waals surface area contributed by atoms with Crippen LogP contribution in [-0.2, 0) is 0 Å². The molecule has 0 amide bonds. The van der Waals surface area contributed by atoms with Crippen LogP contribution in [0.5, 0.6) is 0 Å². The molecule has 1 aromatic carbocycles. The second-order valence-electron chi connectivity index (χ2n) is 4.98. The van der Waals surface area contributed by atoms with Crippen molar-refractivity contribution in [3.05, 3.63) is 35.4 Å². The maximum absolute atomic E-state index is 12.0. The second-order valence-corrected chi connectivity index (χ2v) is 4.98. The molecule has 0 heterocycles. The van der Waals surface area contributed by atoms with Crippen LogP contribution >= 0.6 is 0 Å². The zero-order valence-electron chi connectivity index (χ0n) is 10.0. The van der Waals surface area contributed by atoms with E-state index < -0.39 is 0 Å². The van der Waals surface area contributed by atoms with Gasteiger partial charge in [-0.2, -0.15) is 0 Å². The third kappa shape index (κ3) is 2.94. The summed E-state index contributed by atoms with van der Waals surface area (Å²) in [4.78, 5) is 12.0. The minimum absolute atomic E-state index is 0.315. The lowest BCUT2D eigenvalue weighted by molar-refractivity contribution is 0.0974. The minimum atomic E-state index is 0.315. The van der Waals surface area contributed by atoms with Crippen LogP contribution in [0, 0.1) is 12.8 Å². The van der Waals surface area contributed by atoms with Crippen LogP contribution in [0.1, 0.15) is 54.4 Å². The smallest absolute Gasteiger partial charge is 0.162 e. The van der Waals surface area contributed by atoms with Gasteiger partial charge in [-0.05, 0) is 25.3 Å². The fraction of sp³-hybridized carbons (Fsp3) is 0.533. The van der Waals surface area contributed by atoms with Crippen molar-refractivity contribution in [1.29, 1.82) is 0 Å². The zero-order chi connectivity index (χ0) is 11.4. The van der Waals surface area contributed by atoms with Crippen molar-refractivity contribution in [2.24, 2.45) is 5.92 Å². The summed E-state index contributed by atoms with van der Waals surface area (Å²) in [5.74, 6) is 1.13. The number of carbonyl (C=O) groups excluding carboxylic acids is 1. The Morgan fingerprint density at radius 2 is 2.06 bits per heavy atom. The molecule has 0 radical (unpaired) electrons. The van der Waals surface area contributed by atoms with Gasteiger partial charge in [0.2, 0.25) is 0 Å². The molecule has 16 heavy (non-hydrogen) atoms. The predicted molar refractivity (Wildman–Crippen MR) is 66.7 cm³/mol. The van der Waals surface area contributed by atoms with Gasteiger partial charge in [0.05, 0.1) is 0 Å². The number of benzene rings is 1. The number of carbonyl (C=O) groups is 1. The van der Waals surface area contributed by atoms with E-state index in [1.807, 2.05) is 31.2 Å². The van der Waals surface area contributed by atoms with Gasteiger partial charge in [-0.15, -0.1) is 0 Å². The summed E-state index contributed by atoms with van der Waals surface area (Å²) in [5.41, 5.74) is 2.06. The third-order valence-electron chi connectivity index (χ3n) is 3.59. The fourth-order valence-corrected chi connectivity index (χ4v) is 2.60. The molecule has 0 N–H and O–H groups in total. The van der Waals surface area contributed by atoms with Crippen LogP contribution in [-0.4, -0.2) is 5.78 Å². The van der Waals surface area contributed by atoms with E-state index in [0.29, 0.717) is 5.78 Å². The molecule has 2 rings (SSSR count). The molecule has 1 fully saturated rings. The average molecular weight is 216 g/mol. The lowest BCUT2D eigenvalue weighted by Crippen LogP contribution is -2.03. The van der Waals surface area contributed by atoms with E-state index in [4.69, 9.17) is 0 Å².